The Morgan fingerprint density at radius 2 is 1.05 bits per heavy atom. The van der Waals surface area contributed by atoms with Crippen LogP contribution in [-0.4, -0.2) is 28.0 Å². The minimum absolute atomic E-state index is 0.721. The molecular weight excluding hydrogens is 351 g/mol. The number of rotatable bonds is 10. The van der Waals surface area contributed by atoms with E-state index >= 15 is 0 Å². The number of ether oxygens (including phenoxy) is 2. The van der Waals surface area contributed by atoms with Crippen LogP contribution in [0.1, 0.15) is 12.8 Å². The summed E-state index contributed by atoms with van der Waals surface area (Å²) in [5, 5.41) is 0. The molecule has 0 aliphatic carbocycles. The first kappa shape index (κ1) is 19.9. The first-order valence-corrected chi connectivity index (χ1v) is 16.3. The van der Waals surface area contributed by atoms with Crippen molar-refractivity contribution in [1.29, 1.82) is 0 Å². The molecule has 0 amide bonds. The molecular formula is C16H28Cl2O2Si2. The van der Waals surface area contributed by atoms with Crippen LogP contribution in [0.25, 0.3) is 0 Å². The third-order valence-electron chi connectivity index (χ3n) is 3.19. The Bertz CT molecular complexity index is 384. The second kappa shape index (κ2) is 9.21. The Hall–Kier alpha value is -0.166. The molecule has 0 bridgehead atoms. The molecule has 1 rings (SSSR count). The molecule has 0 radical (unpaired) electrons. The monoisotopic (exact) mass is 378 g/mol. The summed E-state index contributed by atoms with van der Waals surface area (Å²) in [5.41, 5.74) is 0. The summed E-state index contributed by atoms with van der Waals surface area (Å²) in [6.45, 7) is 10.1. The first-order chi connectivity index (χ1) is 10.2. The fourth-order valence-corrected chi connectivity index (χ4v) is 4.77. The van der Waals surface area contributed by atoms with Gasteiger partial charge in [-0.25, -0.2) is 0 Å². The van der Waals surface area contributed by atoms with Gasteiger partial charge in [-0.15, -0.1) is 0 Å². The van der Waals surface area contributed by atoms with Gasteiger partial charge in [-0.3, -0.25) is 0 Å². The van der Waals surface area contributed by atoms with Crippen LogP contribution in [-0.2, 0) is 0 Å². The summed E-state index contributed by atoms with van der Waals surface area (Å²) in [5.74, 6) is 1.77. The Balaban J connectivity index is 2.22. The topological polar surface area (TPSA) is 18.5 Å². The van der Waals surface area contributed by atoms with E-state index in [0.29, 0.717) is 0 Å². The number of benzene rings is 1. The van der Waals surface area contributed by atoms with Crippen LogP contribution in [0.4, 0.5) is 0 Å². The van der Waals surface area contributed by atoms with Gasteiger partial charge in [-0.2, -0.15) is 22.2 Å². The molecule has 6 heteroatoms. The minimum Gasteiger partial charge on any atom is -0.494 e. The Morgan fingerprint density at radius 1 is 0.727 bits per heavy atom. The molecule has 22 heavy (non-hydrogen) atoms. The molecule has 0 heterocycles. The maximum atomic E-state index is 6.29. The molecule has 0 aromatic heterocycles. The van der Waals surface area contributed by atoms with E-state index in [2.05, 4.69) is 26.2 Å². The third-order valence-corrected chi connectivity index (χ3v) is 7.41. The van der Waals surface area contributed by atoms with Gasteiger partial charge in [0.15, 0.2) is 14.8 Å². The molecule has 0 atom stereocenters. The number of hydrogen-bond donors (Lipinski definition) is 0. The Morgan fingerprint density at radius 3 is 1.32 bits per heavy atom. The molecule has 0 unspecified atom stereocenters. The van der Waals surface area contributed by atoms with E-state index in [4.69, 9.17) is 31.6 Å². The van der Waals surface area contributed by atoms with Crippen molar-refractivity contribution in [2.45, 2.75) is 51.1 Å². The molecule has 126 valence electrons. The van der Waals surface area contributed by atoms with Crippen LogP contribution in [0, 0.1) is 0 Å². The van der Waals surface area contributed by atoms with Crippen LogP contribution in [0.5, 0.6) is 11.5 Å². The van der Waals surface area contributed by atoms with E-state index in [0.717, 1.165) is 49.6 Å². The van der Waals surface area contributed by atoms with Gasteiger partial charge < -0.3 is 9.47 Å². The Labute approximate surface area is 146 Å². The average Bonchev–Trinajstić information content (AvgIpc) is 2.39. The standard InChI is InChI=1S/C16H28Cl2O2Si2/c1-21(2,17)13-5-11-19-15-7-9-16(10-8-15)20-12-6-14-22(3,4)18/h7-10H,5-6,11-14H2,1-4H3. The van der Waals surface area contributed by atoms with E-state index in [1.807, 2.05) is 24.3 Å². The lowest BCUT2D eigenvalue weighted by Crippen LogP contribution is -2.17. The second-order valence-corrected chi connectivity index (χ2v) is 20.8. The first-order valence-electron chi connectivity index (χ1n) is 7.89. The van der Waals surface area contributed by atoms with Gasteiger partial charge in [0, 0.05) is 0 Å². The molecule has 1 aromatic carbocycles. The number of hydrogen-bond acceptors (Lipinski definition) is 2. The summed E-state index contributed by atoms with van der Waals surface area (Å²) in [6.07, 6.45) is 2.03. The van der Waals surface area contributed by atoms with Crippen LogP contribution >= 0.6 is 22.2 Å². The van der Waals surface area contributed by atoms with Crippen molar-refractivity contribution >= 4 is 36.9 Å². The third kappa shape index (κ3) is 10.5. The van der Waals surface area contributed by atoms with Gasteiger partial charge in [0.1, 0.15) is 11.5 Å². The molecule has 1 aromatic rings. The van der Waals surface area contributed by atoms with Crippen molar-refractivity contribution in [3.63, 3.8) is 0 Å². The zero-order valence-corrected chi connectivity index (χ0v) is 17.6. The lowest BCUT2D eigenvalue weighted by Gasteiger charge is -2.14. The molecule has 0 spiro atoms. The highest BCUT2D eigenvalue weighted by Gasteiger charge is 2.16. The zero-order chi connectivity index (χ0) is 16.6. The lowest BCUT2D eigenvalue weighted by molar-refractivity contribution is 0.308. The smallest absolute Gasteiger partial charge is 0.150 e. The summed E-state index contributed by atoms with van der Waals surface area (Å²) < 4.78 is 11.4. The van der Waals surface area contributed by atoms with Crippen molar-refractivity contribution in [1.82, 2.24) is 0 Å². The largest absolute Gasteiger partial charge is 0.494 e. The van der Waals surface area contributed by atoms with Gasteiger partial charge in [-0.1, -0.05) is 26.2 Å². The van der Waals surface area contributed by atoms with Crippen LogP contribution in [0.3, 0.4) is 0 Å². The highest BCUT2D eigenvalue weighted by atomic mass is 35.6. The fourth-order valence-electron chi connectivity index (χ4n) is 2.00. The van der Waals surface area contributed by atoms with Gasteiger partial charge in [0.2, 0.25) is 0 Å². The van der Waals surface area contributed by atoms with Crippen LogP contribution in [0.2, 0.25) is 38.3 Å². The van der Waals surface area contributed by atoms with Crippen molar-refractivity contribution in [2.75, 3.05) is 13.2 Å². The van der Waals surface area contributed by atoms with Gasteiger partial charge in [0.25, 0.3) is 0 Å². The van der Waals surface area contributed by atoms with Gasteiger partial charge >= 0.3 is 0 Å². The molecule has 0 aliphatic heterocycles. The summed E-state index contributed by atoms with van der Waals surface area (Å²) in [7, 11) is -2.94. The predicted octanol–water partition coefficient (Wildman–Crippen LogP) is 6.11. The molecule has 0 fully saturated rings. The van der Waals surface area contributed by atoms with Gasteiger partial charge in [0.05, 0.1) is 13.2 Å². The normalized spacial score (nSPS) is 12.3. The van der Waals surface area contributed by atoms with Crippen molar-refractivity contribution in [3.8, 4) is 11.5 Å². The van der Waals surface area contributed by atoms with Crippen LogP contribution < -0.4 is 9.47 Å². The van der Waals surface area contributed by atoms with E-state index in [1.165, 1.54) is 0 Å². The SMILES string of the molecule is C[Si](C)(Cl)CCCOc1ccc(OCCC[Si](C)(C)Cl)cc1. The summed E-state index contributed by atoms with van der Waals surface area (Å²) in [6, 6.07) is 9.99. The molecule has 2 nitrogen and oxygen atoms in total. The maximum absolute atomic E-state index is 6.29. The maximum Gasteiger partial charge on any atom is 0.150 e. The van der Waals surface area contributed by atoms with Crippen molar-refractivity contribution in [3.05, 3.63) is 24.3 Å². The van der Waals surface area contributed by atoms with Crippen molar-refractivity contribution in [2.24, 2.45) is 0 Å². The zero-order valence-electron chi connectivity index (χ0n) is 14.1. The fraction of sp³-hybridized carbons (Fsp3) is 0.625. The van der Waals surface area contributed by atoms with E-state index < -0.39 is 14.8 Å². The predicted molar refractivity (Wildman–Crippen MR) is 103 cm³/mol. The van der Waals surface area contributed by atoms with E-state index in [1.54, 1.807) is 0 Å². The number of halogens is 2. The minimum atomic E-state index is -1.47. The van der Waals surface area contributed by atoms with Gasteiger partial charge in [-0.05, 0) is 49.2 Å². The van der Waals surface area contributed by atoms with E-state index in [9.17, 15) is 0 Å². The molecule has 0 aliphatic rings. The van der Waals surface area contributed by atoms with E-state index in [-0.39, 0.29) is 0 Å². The quantitative estimate of drug-likeness (QED) is 0.277. The molecule has 0 saturated carbocycles. The highest BCUT2D eigenvalue weighted by molar-refractivity contribution is 7.19. The summed E-state index contributed by atoms with van der Waals surface area (Å²) >= 11 is 12.6. The lowest BCUT2D eigenvalue weighted by atomic mass is 10.3. The Kier molecular flexibility index (Phi) is 8.32. The average molecular weight is 379 g/mol. The van der Waals surface area contributed by atoms with Crippen LogP contribution in [0.15, 0.2) is 24.3 Å². The van der Waals surface area contributed by atoms with Crippen molar-refractivity contribution < 1.29 is 9.47 Å². The molecule has 0 N–H and O–H groups in total. The second-order valence-electron chi connectivity index (χ2n) is 6.81. The highest BCUT2D eigenvalue weighted by Crippen LogP contribution is 2.21. The molecule has 0 saturated heterocycles. The summed E-state index contributed by atoms with van der Waals surface area (Å²) in [4.78, 5) is 0.